The summed E-state index contributed by atoms with van der Waals surface area (Å²) in [5.74, 6) is -0.914. The van der Waals surface area contributed by atoms with Crippen molar-refractivity contribution in [3.05, 3.63) is 48.3 Å². The predicted molar refractivity (Wildman–Crippen MR) is 110 cm³/mol. The Kier molecular flexibility index (Phi) is 6.53. The maximum atomic E-state index is 13.1. The van der Waals surface area contributed by atoms with Gasteiger partial charge in [0.2, 0.25) is 10.0 Å². The third-order valence-electron chi connectivity index (χ3n) is 4.86. The van der Waals surface area contributed by atoms with Gasteiger partial charge in [0.1, 0.15) is 19.4 Å². The van der Waals surface area contributed by atoms with Crippen molar-refractivity contribution in [1.29, 1.82) is 0 Å². The second-order valence-electron chi connectivity index (χ2n) is 6.96. The molecule has 170 valence electrons. The molecule has 0 saturated carbocycles. The molecule has 0 unspecified atom stereocenters. The van der Waals surface area contributed by atoms with E-state index in [4.69, 9.17) is 14.2 Å². The van der Waals surface area contributed by atoms with Crippen molar-refractivity contribution in [3.63, 3.8) is 0 Å². The smallest absolute Gasteiger partial charge is 0.309 e. The van der Waals surface area contributed by atoms with Crippen molar-refractivity contribution in [3.8, 4) is 11.5 Å². The zero-order valence-electron chi connectivity index (χ0n) is 17.0. The van der Waals surface area contributed by atoms with Gasteiger partial charge >= 0.3 is 11.8 Å². The monoisotopic (exact) mass is 462 g/mol. The Bertz CT molecular complexity index is 1090. The highest BCUT2D eigenvalue weighted by Crippen LogP contribution is 2.34. The summed E-state index contributed by atoms with van der Waals surface area (Å²) in [4.78, 5) is 28.2. The van der Waals surface area contributed by atoms with E-state index in [0.29, 0.717) is 30.4 Å². The summed E-state index contributed by atoms with van der Waals surface area (Å²) in [6.45, 7) is 0.924. The minimum absolute atomic E-state index is 0.0247. The van der Waals surface area contributed by atoms with Crippen molar-refractivity contribution in [2.75, 3.05) is 32.9 Å². The van der Waals surface area contributed by atoms with Crippen molar-refractivity contribution in [2.45, 2.75) is 17.7 Å². The van der Waals surface area contributed by atoms with E-state index in [1.165, 1.54) is 12.1 Å². The molecular formula is C20H22N4O7S. The Labute approximate surface area is 184 Å². The van der Waals surface area contributed by atoms with Crippen LogP contribution in [0.2, 0.25) is 0 Å². The van der Waals surface area contributed by atoms with Gasteiger partial charge in [-0.05, 0) is 24.3 Å². The first-order valence-corrected chi connectivity index (χ1v) is 11.4. The number of benzene rings is 1. The molecule has 0 radical (unpaired) electrons. The molecule has 0 bridgehead atoms. The Morgan fingerprint density at radius 1 is 1.03 bits per heavy atom. The maximum absolute atomic E-state index is 13.1. The molecule has 1 saturated heterocycles. The summed E-state index contributed by atoms with van der Waals surface area (Å²) in [5, 5.41) is 4.88. The molecule has 2 aliphatic rings. The third-order valence-corrected chi connectivity index (χ3v) is 6.75. The lowest BCUT2D eigenvalue weighted by atomic mass is 10.3. The molecule has 3 heterocycles. The molecule has 2 N–H and O–H groups in total. The van der Waals surface area contributed by atoms with Gasteiger partial charge in [-0.2, -0.15) is 4.31 Å². The molecule has 12 heteroatoms. The normalized spacial score (nSPS) is 18.2. The van der Waals surface area contributed by atoms with Crippen LogP contribution in [0, 0.1) is 0 Å². The molecule has 2 aliphatic heterocycles. The van der Waals surface area contributed by atoms with Gasteiger partial charge in [0.15, 0.2) is 11.5 Å². The SMILES string of the molecule is O=C(NCc1ccccn1)C(=O)NC[C@@H]1OCCN1S(=O)(=O)c1ccc2c(c1)OCCO2. The van der Waals surface area contributed by atoms with E-state index in [1.807, 2.05) is 0 Å². The van der Waals surface area contributed by atoms with Gasteiger partial charge in [-0.1, -0.05) is 6.07 Å². The van der Waals surface area contributed by atoms with E-state index in [-0.39, 0.29) is 31.1 Å². The minimum Gasteiger partial charge on any atom is -0.486 e. The van der Waals surface area contributed by atoms with Crippen LogP contribution in [0.25, 0.3) is 0 Å². The van der Waals surface area contributed by atoms with E-state index in [1.54, 1.807) is 30.5 Å². The quantitative estimate of drug-likeness (QED) is 0.555. The number of sulfonamides is 1. The highest BCUT2D eigenvalue weighted by molar-refractivity contribution is 7.89. The molecule has 0 spiro atoms. The molecule has 11 nitrogen and oxygen atoms in total. The molecule has 2 aromatic rings. The molecule has 2 amide bonds. The third kappa shape index (κ3) is 4.82. The zero-order chi connectivity index (χ0) is 22.6. The molecule has 0 aliphatic carbocycles. The number of fused-ring (bicyclic) bond motifs is 1. The van der Waals surface area contributed by atoms with Gasteiger partial charge in [-0.15, -0.1) is 0 Å². The summed E-state index contributed by atoms with van der Waals surface area (Å²) >= 11 is 0. The summed E-state index contributed by atoms with van der Waals surface area (Å²) in [5.41, 5.74) is 0.601. The van der Waals surface area contributed by atoms with Crippen LogP contribution in [0.4, 0.5) is 0 Å². The van der Waals surface area contributed by atoms with E-state index < -0.39 is 28.1 Å². The number of nitrogens with one attached hydrogen (secondary N) is 2. The molecule has 1 fully saturated rings. The Balaban J connectivity index is 1.36. The number of hydrogen-bond donors (Lipinski definition) is 2. The second kappa shape index (κ2) is 9.51. The number of carbonyl (C=O) groups is 2. The number of amides is 2. The molecular weight excluding hydrogens is 440 g/mol. The number of rotatable bonds is 6. The predicted octanol–water partition coefficient (Wildman–Crippen LogP) is -0.368. The van der Waals surface area contributed by atoms with E-state index in [2.05, 4.69) is 15.6 Å². The lowest BCUT2D eigenvalue weighted by Gasteiger charge is -2.24. The van der Waals surface area contributed by atoms with E-state index in [9.17, 15) is 18.0 Å². The number of carbonyl (C=O) groups excluding carboxylic acids is 2. The average Bonchev–Trinajstić information content (AvgIpc) is 3.31. The van der Waals surface area contributed by atoms with Crippen LogP contribution in [-0.2, 0) is 30.9 Å². The van der Waals surface area contributed by atoms with Gasteiger partial charge in [-0.25, -0.2) is 8.42 Å². The van der Waals surface area contributed by atoms with Crippen LogP contribution >= 0.6 is 0 Å². The van der Waals surface area contributed by atoms with Crippen LogP contribution < -0.4 is 20.1 Å². The van der Waals surface area contributed by atoms with E-state index in [0.717, 1.165) is 4.31 Å². The Morgan fingerprint density at radius 3 is 2.59 bits per heavy atom. The number of pyridine rings is 1. The molecule has 32 heavy (non-hydrogen) atoms. The first-order valence-electron chi connectivity index (χ1n) is 9.94. The zero-order valence-corrected chi connectivity index (χ0v) is 17.8. The first kappa shape index (κ1) is 22.0. The summed E-state index contributed by atoms with van der Waals surface area (Å²) in [7, 11) is -3.92. The first-order chi connectivity index (χ1) is 15.4. The summed E-state index contributed by atoms with van der Waals surface area (Å²) in [6.07, 6.45) is 0.635. The van der Waals surface area contributed by atoms with Crippen molar-refractivity contribution < 1.29 is 32.2 Å². The van der Waals surface area contributed by atoms with Gasteiger partial charge in [0.05, 0.1) is 30.3 Å². The molecule has 1 atom stereocenters. The Morgan fingerprint density at radius 2 is 1.81 bits per heavy atom. The van der Waals surface area contributed by atoms with Crippen molar-refractivity contribution in [2.24, 2.45) is 0 Å². The van der Waals surface area contributed by atoms with Gasteiger partial charge in [0.25, 0.3) is 0 Å². The van der Waals surface area contributed by atoms with Crippen molar-refractivity contribution >= 4 is 21.8 Å². The maximum Gasteiger partial charge on any atom is 0.309 e. The van der Waals surface area contributed by atoms with E-state index >= 15 is 0 Å². The number of ether oxygens (including phenoxy) is 3. The Hall–Kier alpha value is -3.22. The fourth-order valence-electron chi connectivity index (χ4n) is 3.28. The van der Waals surface area contributed by atoms with Crippen LogP contribution in [0.15, 0.2) is 47.5 Å². The molecule has 1 aromatic carbocycles. The van der Waals surface area contributed by atoms with Gasteiger partial charge in [-0.3, -0.25) is 14.6 Å². The van der Waals surface area contributed by atoms with Gasteiger partial charge in [0, 0.05) is 18.8 Å². The molecule has 1 aromatic heterocycles. The lowest BCUT2D eigenvalue weighted by molar-refractivity contribution is -0.139. The number of hydrogen-bond acceptors (Lipinski definition) is 8. The van der Waals surface area contributed by atoms with Crippen LogP contribution in [-0.4, -0.2) is 68.7 Å². The number of aromatic nitrogens is 1. The topological polar surface area (TPSA) is 136 Å². The average molecular weight is 462 g/mol. The summed E-state index contributed by atoms with van der Waals surface area (Å²) < 4.78 is 43.8. The highest BCUT2D eigenvalue weighted by atomic mass is 32.2. The fourth-order valence-corrected chi connectivity index (χ4v) is 4.80. The molecule has 4 rings (SSSR count). The fraction of sp³-hybridized carbons (Fsp3) is 0.350. The summed E-state index contributed by atoms with van der Waals surface area (Å²) in [6, 6.07) is 9.60. The van der Waals surface area contributed by atoms with Crippen LogP contribution in [0.3, 0.4) is 0 Å². The van der Waals surface area contributed by atoms with Crippen LogP contribution in [0.5, 0.6) is 11.5 Å². The number of nitrogens with zero attached hydrogens (tertiary/aromatic N) is 2. The van der Waals surface area contributed by atoms with Crippen LogP contribution in [0.1, 0.15) is 5.69 Å². The second-order valence-corrected chi connectivity index (χ2v) is 8.85. The minimum atomic E-state index is -3.92. The standard InChI is InChI=1S/C20H22N4O7S/c25-19(22-12-14-3-1-2-6-21-14)20(26)23-13-18-24(7-8-31-18)32(27,28)15-4-5-16-17(11-15)30-10-9-29-16/h1-6,11,18H,7-10,12-13H2,(H,22,25)(H,23,26)/t18-/m0/s1. The van der Waals surface area contributed by atoms with Crippen molar-refractivity contribution in [1.82, 2.24) is 19.9 Å². The lowest BCUT2D eigenvalue weighted by Crippen LogP contribution is -2.47. The largest absolute Gasteiger partial charge is 0.486 e. The van der Waals surface area contributed by atoms with Gasteiger partial charge < -0.3 is 24.8 Å². The highest BCUT2D eigenvalue weighted by Gasteiger charge is 2.37.